The van der Waals surface area contributed by atoms with Crippen molar-refractivity contribution < 1.29 is 0 Å². The Labute approximate surface area is 61.3 Å². The maximum atomic E-state index is 3.00. The molecule has 0 bridgehead atoms. The van der Waals surface area contributed by atoms with Crippen LogP contribution in [0.15, 0.2) is 49.6 Å². The van der Waals surface area contributed by atoms with Crippen LogP contribution in [0.5, 0.6) is 0 Å². The highest BCUT2D eigenvalue weighted by Gasteiger charge is 1.57. The summed E-state index contributed by atoms with van der Waals surface area (Å²) in [5, 5.41) is 0. The van der Waals surface area contributed by atoms with E-state index in [1.54, 1.807) is 0 Å². The van der Waals surface area contributed by atoms with E-state index in [4.69, 9.17) is 0 Å². The van der Waals surface area contributed by atoms with Gasteiger partial charge in [-0.15, -0.1) is 13.2 Å². The minimum Gasteiger partial charge on any atom is -0.106 e. The first-order valence-electron chi connectivity index (χ1n) is 2.50. The van der Waals surface area contributed by atoms with E-state index < -0.39 is 0 Å². The van der Waals surface area contributed by atoms with Crippen molar-refractivity contribution in [3.05, 3.63) is 49.6 Å². The first-order valence-corrected chi connectivity index (χ1v) is 2.50. The molecule has 1 aromatic carbocycles. The molecule has 1 rings (SSSR count). The van der Waals surface area contributed by atoms with Crippen LogP contribution in [0.4, 0.5) is 0 Å². The van der Waals surface area contributed by atoms with E-state index in [0.717, 1.165) is 0 Å². The quantitative estimate of drug-likeness (QED) is 0.376. The molecule has 0 N–H and O–H groups in total. The summed E-state index contributed by atoms with van der Waals surface area (Å²) in [5.74, 6) is 0. The van der Waals surface area contributed by atoms with Crippen LogP contribution in [0.1, 0.15) is 0 Å². The molecule has 0 amide bonds. The molecule has 0 fully saturated rings. The molecule has 4 radical (unpaired) electrons. The fourth-order valence-corrected chi connectivity index (χ4v) is 0.385. The van der Waals surface area contributed by atoms with Gasteiger partial charge in [-0.3, -0.25) is 0 Å². The van der Waals surface area contributed by atoms with E-state index in [9.17, 15) is 0 Å². The summed E-state index contributed by atoms with van der Waals surface area (Å²) in [7, 11) is 0. The molecule has 0 unspecified atom stereocenters. The van der Waals surface area contributed by atoms with E-state index in [-0.39, 0.29) is 11.0 Å². The monoisotopic (exact) mass is 134 g/mol. The number of hydrogen-bond acceptors (Lipinski definition) is 0. The molecule has 0 nitrogen and oxygen atoms in total. The van der Waals surface area contributed by atoms with Crippen LogP contribution in [0.25, 0.3) is 0 Å². The highest BCUT2D eigenvalue weighted by molar-refractivity contribution is 5.75. The summed E-state index contributed by atoms with van der Waals surface area (Å²) in [6.07, 6.45) is 0. The molecule has 0 spiro atoms. The van der Waals surface area contributed by atoms with Gasteiger partial charge in [-0.05, 0) is 0 Å². The summed E-state index contributed by atoms with van der Waals surface area (Å²) in [6.45, 7) is 6.00. The van der Waals surface area contributed by atoms with Crippen molar-refractivity contribution in [1.29, 1.82) is 0 Å². The average Bonchev–Trinajstić information content (AvgIpc) is 1.96. The maximum absolute atomic E-state index is 3.00. The van der Waals surface area contributed by atoms with Crippen molar-refractivity contribution >= 4 is 11.0 Å². The number of hydrogen-bond donors (Lipinski definition) is 0. The van der Waals surface area contributed by atoms with Gasteiger partial charge >= 0.3 is 0 Å². The van der Waals surface area contributed by atoms with E-state index in [1.807, 2.05) is 36.4 Å². The summed E-state index contributed by atoms with van der Waals surface area (Å²) in [6, 6.07) is 12.0. The fourth-order valence-electron chi connectivity index (χ4n) is 0.385. The van der Waals surface area contributed by atoms with Gasteiger partial charge in [0, 0.05) is 11.0 Å². The molecule has 1 aromatic rings. The fraction of sp³-hybridized carbons (Fsp3) is 0. The van der Waals surface area contributed by atoms with Gasteiger partial charge in [0.1, 0.15) is 0 Å². The highest BCUT2D eigenvalue weighted by Crippen LogP contribution is 1.79. The molecular weight excluding hydrogens is 124 g/mol. The molecule has 46 valence electrons. The summed E-state index contributed by atoms with van der Waals surface area (Å²) >= 11 is 0. The van der Waals surface area contributed by atoms with Gasteiger partial charge < -0.3 is 0 Å². The van der Waals surface area contributed by atoms with Crippen molar-refractivity contribution in [3.63, 3.8) is 0 Å². The second-order valence-corrected chi connectivity index (χ2v) is 1.15. The van der Waals surface area contributed by atoms with Gasteiger partial charge in [0.25, 0.3) is 0 Å². The first-order chi connectivity index (χ1) is 4.00. The zero-order valence-electron chi connectivity index (χ0n) is 5.38. The molecule has 9 heavy (non-hydrogen) atoms. The Morgan fingerprint density at radius 2 is 0.667 bits per heavy atom. The van der Waals surface area contributed by atoms with Crippen molar-refractivity contribution in [1.82, 2.24) is 0 Å². The third kappa shape index (κ3) is 7.18. The second-order valence-electron chi connectivity index (χ2n) is 1.15. The third-order valence-corrected chi connectivity index (χ3v) is 0.667. The molecule has 0 saturated carbocycles. The lowest BCUT2D eigenvalue weighted by Gasteiger charge is -1.69. The van der Waals surface area contributed by atoms with E-state index in [0.29, 0.717) is 0 Å². The van der Waals surface area contributed by atoms with Crippen LogP contribution in [-0.4, -0.2) is 11.0 Å². The lowest BCUT2D eigenvalue weighted by Crippen LogP contribution is -1.47. The van der Waals surface area contributed by atoms with Crippen LogP contribution in [0, 0.1) is 0 Å². The number of benzene rings is 1. The molecule has 0 atom stereocenters. The predicted molar refractivity (Wildman–Crippen MR) is 43.5 cm³/mol. The van der Waals surface area contributed by atoms with Crippen molar-refractivity contribution in [2.24, 2.45) is 0 Å². The Morgan fingerprint density at radius 1 is 0.556 bits per heavy atom. The predicted octanol–water partition coefficient (Wildman–Crippen LogP) is 2.11. The Morgan fingerprint density at radius 3 is 0.778 bits per heavy atom. The minimum absolute atomic E-state index is 0. The van der Waals surface area contributed by atoms with Gasteiger partial charge in [-0.2, -0.15) is 0 Å². The van der Waals surface area contributed by atoms with Crippen molar-refractivity contribution in [2.75, 3.05) is 0 Å². The van der Waals surface area contributed by atoms with Gasteiger partial charge in [0.15, 0.2) is 0 Å². The van der Waals surface area contributed by atoms with Crippen LogP contribution >= 0.6 is 0 Å². The highest BCUT2D eigenvalue weighted by atomic mass is 28.1. The van der Waals surface area contributed by atoms with Crippen molar-refractivity contribution in [2.45, 2.75) is 0 Å². The number of rotatable bonds is 0. The molecule has 1 heteroatoms. The topological polar surface area (TPSA) is 0 Å². The van der Waals surface area contributed by atoms with E-state index in [2.05, 4.69) is 13.2 Å². The van der Waals surface area contributed by atoms with Gasteiger partial charge in [-0.25, -0.2) is 0 Å². The van der Waals surface area contributed by atoms with Crippen LogP contribution in [-0.2, 0) is 0 Å². The molecule has 0 aliphatic rings. The Hall–Kier alpha value is -0.823. The standard InChI is InChI=1S/C6H6.C2H4.Si/c1-2-4-6-5-3-1;1-2;/h1-6H;1-2H2;. The SMILES string of the molecule is C=C.[Si].c1ccccc1. The normalized spacial score (nSPS) is 5.78. The zero-order chi connectivity index (χ0) is 6.24. The molecule has 0 saturated heterocycles. The maximum Gasteiger partial charge on any atom is 0 e. The Bertz CT molecular complexity index is 87.4. The smallest absolute Gasteiger partial charge is 0 e. The summed E-state index contributed by atoms with van der Waals surface area (Å²) in [5.41, 5.74) is 0. The third-order valence-electron chi connectivity index (χ3n) is 0.667. The van der Waals surface area contributed by atoms with Gasteiger partial charge in [-0.1, -0.05) is 36.4 Å². The summed E-state index contributed by atoms with van der Waals surface area (Å²) < 4.78 is 0. The second kappa shape index (κ2) is 10.2. The molecular formula is C8H10Si. The van der Waals surface area contributed by atoms with Gasteiger partial charge in [0.2, 0.25) is 0 Å². The summed E-state index contributed by atoms with van der Waals surface area (Å²) in [4.78, 5) is 0. The lowest BCUT2D eigenvalue weighted by molar-refractivity contribution is 1.72. The van der Waals surface area contributed by atoms with Crippen LogP contribution in [0.2, 0.25) is 0 Å². The van der Waals surface area contributed by atoms with Crippen molar-refractivity contribution in [3.8, 4) is 0 Å². The molecule has 0 aliphatic heterocycles. The lowest BCUT2D eigenvalue weighted by atomic mass is 10.4. The molecule has 0 aromatic heterocycles. The first kappa shape index (κ1) is 11.0. The van der Waals surface area contributed by atoms with Crippen LogP contribution < -0.4 is 0 Å². The Kier molecular flexibility index (Phi) is 12.5. The zero-order valence-corrected chi connectivity index (χ0v) is 6.38. The molecule has 0 aliphatic carbocycles. The van der Waals surface area contributed by atoms with Gasteiger partial charge in [0.05, 0.1) is 0 Å². The molecule has 0 heterocycles. The van der Waals surface area contributed by atoms with E-state index >= 15 is 0 Å². The van der Waals surface area contributed by atoms with E-state index in [1.165, 1.54) is 0 Å². The Balaban J connectivity index is 0. The minimum atomic E-state index is 0. The average molecular weight is 134 g/mol. The van der Waals surface area contributed by atoms with Crippen LogP contribution in [0.3, 0.4) is 0 Å². The largest absolute Gasteiger partial charge is 0.106 e.